The first-order valence-electron chi connectivity index (χ1n) is 6.64. The van der Waals surface area contributed by atoms with Crippen LogP contribution < -0.4 is 5.32 Å². The van der Waals surface area contributed by atoms with Crippen LogP contribution in [0.2, 0.25) is 0 Å². The molecule has 0 spiro atoms. The van der Waals surface area contributed by atoms with Crippen LogP contribution in [0.1, 0.15) is 11.4 Å². The van der Waals surface area contributed by atoms with Gasteiger partial charge in [0, 0.05) is 25.4 Å². The number of nitrogens with one attached hydrogen (secondary N) is 1. The Morgan fingerprint density at radius 2 is 2.10 bits per heavy atom. The monoisotopic (exact) mass is 269 g/mol. The Morgan fingerprint density at radius 3 is 2.90 bits per heavy atom. The number of benzene rings is 1. The molecular formula is C16H16FN3. The zero-order valence-electron chi connectivity index (χ0n) is 11.3. The van der Waals surface area contributed by atoms with Gasteiger partial charge < -0.3 is 9.72 Å². The van der Waals surface area contributed by atoms with E-state index in [-0.39, 0.29) is 5.82 Å². The number of anilines is 1. The van der Waals surface area contributed by atoms with E-state index in [1.807, 2.05) is 31.6 Å². The number of nitrogens with zero attached hydrogens (tertiary/aromatic N) is 2. The van der Waals surface area contributed by atoms with E-state index >= 15 is 0 Å². The highest BCUT2D eigenvalue weighted by molar-refractivity contribution is 5.57. The van der Waals surface area contributed by atoms with Crippen molar-refractivity contribution in [1.82, 2.24) is 9.38 Å². The fourth-order valence-electron chi connectivity index (χ4n) is 2.34. The van der Waals surface area contributed by atoms with Crippen LogP contribution in [-0.4, -0.2) is 16.4 Å². The second kappa shape index (κ2) is 5.33. The maximum absolute atomic E-state index is 13.1. The molecule has 0 atom stereocenters. The van der Waals surface area contributed by atoms with Crippen molar-refractivity contribution in [2.24, 2.45) is 0 Å². The van der Waals surface area contributed by atoms with Crippen LogP contribution in [0.3, 0.4) is 0 Å². The molecule has 2 aromatic heterocycles. The molecule has 4 heteroatoms. The second-order valence-corrected chi connectivity index (χ2v) is 4.76. The number of fused-ring (bicyclic) bond motifs is 1. The molecule has 0 fully saturated rings. The van der Waals surface area contributed by atoms with Crippen molar-refractivity contribution < 1.29 is 4.39 Å². The van der Waals surface area contributed by atoms with E-state index in [9.17, 15) is 4.39 Å². The molecule has 0 bridgehead atoms. The number of hydrogen-bond donors (Lipinski definition) is 1. The summed E-state index contributed by atoms with van der Waals surface area (Å²) in [6, 6.07) is 10.8. The standard InChI is InChI=1S/C16H16FN3/c1-18-14-7-8-20-15(10-14)11-19-16(20)6-5-12-3-2-4-13(17)9-12/h2-4,7-11,18H,5-6H2,1H3. The van der Waals surface area contributed by atoms with Gasteiger partial charge in [0.15, 0.2) is 0 Å². The first-order chi connectivity index (χ1) is 9.76. The summed E-state index contributed by atoms with van der Waals surface area (Å²) in [6.45, 7) is 0. The third-order valence-electron chi connectivity index (χ3n) is 3.42. The predicted octanol–water partition coefficient (Wildman–Crippen LogP) is 3.30. The molecular weight excluding hydrogens is 253 g/mol. The van der Waals surface area contributed by atoms with E-state index in [0.717, 1.165) is 35.4 Å². The van der Waals surface area contributed by atoms with E-state index in [2.05, 4.69) is 20.8 Å². The Bertz CT molecular complexity index is 733. The number of hydrogen-bond acceptors (Lipinski definition) is 2. The van der Waals surface area contributed by atoms with Gasteiger partial charge >= 0.3 is 0 Å². The first kappa shape index (κ1) is 12.7. The van der Waals surface area contributed by atoms with Crippen LogP contribution in [0, 0.1) is 5.82 Å². The SMILES string of the molecule is CNc1ccn2c(CCc3cccc(F)c3)ncc2c1. The van der Waals surface area contributed by atoms with E-state index in [1.165, 1.54) is 6.07 Å². The van der Waals surface area contributed by atoms with Crippen LogP contribution >= 0.6 is 0 Å². The summed E-state index contributed by atoms with van der Waals surface area (Å²) in [5.41, 5.74) is 3.12. The molecule has 0 aliphatic carbocycles. The number of halogens is 1. The third kappa shape index (κ3) is 2.50. The van der Waals surface area contributed by atoms with Gasteiger partial charge in [-0.2, -0.15) is 0 Å². The lowest BCUT2D eigenvalue weighted by atomic mass is 10.1. The van der Waals surface area contributed by atoms with Gasteiger partial charge in [-0.05, 0) is 36.2 Å². The van der Waals surface area contributed by atoms with E-state index < -0.39 is 0 Å². The minimum Gasteiger partial charge on any atom is -0.388 e. The highest BCUT2D eigenvalue weighted by atomic mass is 19.1. The van der Waals surface area contributed by atoms with Gasteiger partial charge in [-0.15, -0.1) is 0 Å². The zero-order chi connectivity index (χ0) is 13.9. The van der Waals surface area contributed by atoms with Crippen LogP contribution in [0.4, 0.5) is 10.1 Å². The summed E-state index contributed by atoms with van der Waals surface area (Å²) in [7, 11) is 1.90. The molecule has 3 nitrogen and oxygen atoms in total. The van der Waals surface area contributed by atoms with Crippen molar-refractivity contribution in [2.75, 3.05) is 12.4 Å². The van der Waals surface area contributed by atoms with E-state index in [4.69, 9.17) is 0 Å². The molecule has 0 aliphatic rings. The quantitative estimate of drug-likeness (QED) is 0.787. The summed E-state index contributed by atoms with van der Waals surface area (Å²) in [4.78, 5) is 4.45. The average Bonchev–Trinajstić information content (AvgIpc) is 2.87. The molecule has 1 aromatic carbocycles. The van der Waals surface area contributed by atoms with Gasteiger partial charge in [0.2, 0.25) is 0 Å². The topological polar surface area (TPSA) is 29.3 Å². The summed E-state index contributed by atoms with van der Waals surface area (Å²) < 4.78 is 15.2. The largest absolute Gasteiger partial charge is 0.388 e. The smallest absolute Gasteiger partial charge is 0.123 e. The molecule has 0 amide bonds. The lowest BCUT2D eigenvalue weighted by Gasteiger charge is -2.04. The van der Waals surface area contributed by atoms with E-state index in [0.29, 0.717) is 0 Å². The third-order valence-corrected chi connectivity index (χ3v) is 3.42. The zero-order valence-corrected chi connectivity index (χ0v) is 11.3. The van der Waals surface area contributed by atoms with Crippen LogP contribution in [0.5, 0.6) is 0 Å². The predicted molar refractivity (Wildman–Crippen MR) is 78.5 cm³/mol. The highest BCUT2D eigenvalue weighted by Crippen LogP contribution is 2.15. The Labute approximate surface area is 117 Å². The Hall–Kier alpha value is -2.36. The fourth-order valence-corrected chi connectivity index (χ4v) is 2.34. The molecule has 0 aliphatic heterocycles. The lowest BCUT2D eigenvalue weighted by molar-refractivity contribution is 0.625. The molecule has 0 saturated heterocycles. The molecule has 2 heterocycles. The van der Waals surface area contributed by atoms with E-state index in [1.54, 1.807) is 12.1 Å². The van der Waals surface area contributed by atoms with Crippen molar-refractivity contribution in [3.8, 4) is 0 Å². The molecule has 0 saturated carbocycles. The summed E-state index contributed by atoms with van der Waals surface area (Å²) >= 11 is 0. The van der Waals surface area contributed by atoms with Crippen LogP contribution in [0.15, 0.2) is 48.8 Å². The molecule has 102 valence electrons. The Kier molecular flexibility index (Phi) is 3.37. The van der Waals surface area contributed by atoms with Gasteiger partial charge in [0.1, 0.15) is 11.6 Å². The van der Waals surface area contributed by atoms with Gasteiger partial charge in [0.25, 0.3) is 0 Å². The molecule has 20 heavy (non-hydrogen) atoms. The normalized spacial score (nSPS) is 10.9. The van der Waals surface area contributed by atoms with Gasteiger partial charge in [-0.1, -0.05) is 12.1 Å². The van der Waals surface area contributed by atoms with Gasteiger partial charge in [-0.25, -0.2) is 9.37 Å². The van der Waals surface area contributed by atoms with Crippen molar-refractivity contribution in [3.05, 3.63) is 66.0 Å². The summed E-state index contributed by atoms with van der Waals surface area (Å²) in [6.07, 6.45) is 5.44. The molecule has 3 rings (SSSR count). The average molecular weight is 269 g/mol. The maximum Gasteiger partial charge on any atom is 0.123 e. The summed E-state index contributed by atoms with van der Waals surface area (Å²) in [5.74, 6) is 0.807. The van der Waals surface area contributed by atoms with Crippen LogP contribution in [0.25, 0.3) is 5.52 Å². The van der Waals surface area contributed by atoms with Crippen LogP contribution in [-0.2, 0) is 12.8 Å². The minimum absolute atomic E-state index is 0.186. The Balaban J connectivity index is 1.81. The molecule has 3 aromatic rings. The Morgan fingerprint density at radius 1 is 1.20 bits per heavy atom. The second-order valence-electron chi connectivity index (χ2n) is 4.76. The number of rotatable bonds is 4. The number of aromatic nitrogens is 2. The van der Waals surface area contributed by atoms with Gasteiger partial charge in [0.05, 0.1) is 11.7 Å². The van der Waals surface area contributed by atoms with Crippen molar-refractivity contribution in [2.45, 2.75) is 12.8 Å². The number of pyridine rings is 1. The molecule has 0 radical (unpaired) electrons. The molecule has 1 N–H and O–H groups in total. The number of imidazole rings is 1. The lowest BCUT2D eigenvalue weighted by Crippen LogP contribution is -1.99. The van der Waals surface area contributed by atoms with Gasteiger partial charge in [-0.3, -0.25) is 0 Å². The van der Waals surface area contributed by atoms with Crippen molar-refractivity contribution >= 4 is 11.2 Å². The minimum atomic E-state index is -0.186. The van der Waals surface area contributed by atoms with Crippen molar-refractivity contribution in [1.29, 1.82) is 0 Å². The maximum atomic E-state index is 13.1. The highest BCUT2D eigenvalue weighted by Gasteiger charge is 2.05. The first-order valence-corrected chi connectivity index (χ1v) is 6.64. The number of aryl methyl sites for hydroxylation is 2. The fraction of sp³-hybridized carbons (Fsp3) is 0.188. The van der Waals surface area contributed by atoms with Crippen molar-refractivity contribution in [3.63, 3.8) is 0 Å². The molecule has 0 unspecified atom stereocenters. The summed E-state index contributed by atoms with van der Waals surface area (Å²) in [5, 5.41) is 3.11.